The highest BCUT2D eigenvalue weighted by Crippen LogP contribution is 1.72. The zero-order valence-electron chi connectivity index (χ0n) is 7.83. The highest BCUT2D eigenvalue weighted by Gasteiger charge is 1.71. The molecular weight excluding hydrogens is 238 g/mol. The predicted molar refractivity (Wildman–Crippen MR) is 69.2 cm³/mol. The van der Waals surface area contributed by atoms with Crippen molar-refractivity contribution >= 4 is 29.4 Å². The van der Waals surface area contributed by atoms with Gasteiger partial charge in [-0.15, -0.1) is 0 Å². The van der Waals surface area contributed by atoms with Crippen molar-refractivity contribution in [3.05, 3.63) is 0 Å². The summed E-state index contributed by atoms with van der Waals surface area (Å²) in [5.74, 6) is 26.4. The SMILES string of the molecule is N=C(Cl)C#CC#CC#CC#CC#CC#CS. The summed E-state index contributed by atoms with van der Waals surface area (Å²) < 4.78 is 0. The van der Waals surface area contributed by atoms with Gasteiger partial charge in [0, 0.05) is 0 Å². The molecule has 0 aliphatic rings. The van der Waals surface area contributed by atoms with Gasteiger partial charge in [-0.25, -0.2) is 0 Å². The van der Waals surface area contributed by atoms with Gasteiger partial charge in [0.05, 0.1) is 0 Å². The lowest BCUT2D eigenvalue weighted by molar-refractivity contribution is 1.57. The molecule has 0 aromatic heterocycles. The van der Waals surface area contributed by atoms with E-state index in [-0.39, 0.29) is 5.17 Å². The number of rotatable bonds is 0. The van der Waals surface area contributed by atoms with E-state index in [1.54, 1.807) is 0 Å². The molecule has 0 aliphatic carbocycles. The third-order valence-corrected chi connectivity index (χ3v) is 0.997. The molecule has 0 saturated carbocycles. The van der Waals surface area contributed by atoms with E-state index in [1.165, 1.54) is 0 Å². The van der Waals surface area contributed by atoms with E-state index >= 15 is 0 Å². The van der Waals surface area contributed by atoms with Crippen molar-refractivity contribution in [1.29, 1.82) is 5.41 Å². The van der Waals surface area contributed by atoms with E-state index in [2.05, 4.69) is 83.0 Å². The Morgan fingerprint density at radius 1 is 0.750 bits per heavy atom. The van der Waals surface area contributed by atoms with Crippen LogP contribution in [0.3, 0.4) is 0 Å². The topological polar surface area (TPSA) is 23.9 Å². The summed E-state index contributed by atoms with van der Waals surface area (Å²) in [6.07, 6.45) is 0. The molecule has 0 fully saturated rings. The Hall–Kier alpha value is -2.33. The third kappa shape index (κ3) is 11.7. The molecule has 0 bridgehead atoms. The van der Waals surface area contributed by atoms with Crippen LogP contribution in [-0.4, -0.2) is 5.17 Å². The Morgan fingerprint density at radius 2 is 1.12 bits per heavy atom. The summed E-state index contributed by atoms with van der Waals surface area (Å²) in [6.45, 7) is 0. The van der Waals surface area contributed by atoms with Crippen LogP contribution in [0.1, 0.15) is 0 Å². The zero-order valence-corrected chi connectivity index (χ0v) is 9.48. The van der Waals surface area contributed by atoms with Gasteiger partial charge in [-0.2, -0.15) is 0 Å². The molecule has 0 unspecified atom stereocenters. The Kier molecular flexibility index (Phi) is 9.18. The molecule has 1 nitrogen and oxygen atoms in total. The van der Waals surface area contributed by atoms with Crippen molar-refractivity contribution in [2.75, 3.05) is 0 Å². The van der Waals surface area contributed by atoms with Crippen LogP contribution in [0.25, 0.3) is 0 Å². The smallest absolute Gasteiger partial charge is 0.173 e. The Bertz CT molecular complexity index is 635. The van der Waals surface area contributed by atoms with Gasteiger partial charge in [0.1, 0.15) is 0 Å². The molecule has 0 spiro atoms. The molecule has 0 saturated heterocycles. The van der Waals surface area contributed by atoms with E-state index < -0.39 is 0 Å². The molecule has 0 aromatic rings. The summed E-state index contributed by atoms with van der Waals surface area (Å²) in [5.41, 5.74) is 0. The first-order chi connectivity index (χ1) is 7.77. The third-order valence-electron chi connectivity index (χ3n) is 0.791. The van der Waals surface area contributed by atoms with Gasteiger partial charge in [0.15, 0.2) is 5.17 Å². The Labute approximate surface area is 105 Å². The van der Waals surface area contributed by atoms with Gasteiger partial charge < -0.3 is 0 Å². The minimum Gasteiger partial charge on any atom is -0.282 e. The van der Waals surface area contributed by atoms with Crippen molar-refractivity contribution in [3.8, 4) is 70.4 Å². The van der Waals surface area contributed by atoms with Gasteiger partial charge in [-0.1, -0.05) is 24.2 Å². The fourth-order valence-corrected chi connectivity index (χ4v) is 0.467. The number of thiol groups is 1. The molecule has 0 aliphatic heterocycles. The highest BCUT2D eigenvalue weighted by atomic mass is 35.5. The number of hydrogen-bond acceptors (Lipinski definition) is 2. The van der Waals surface area contributed by atoms with Gasteiger partial charge in [-0.3, -0.25) is 5.41 Å². The molecule has 0 rings (SSSR count). The Morgan fingerprint density at radius 3 is 1.50 bits per heavy atom. The maximum atomic E-state index is 6.75. The molecule has 0 aromatic carbocycles. The van der Waals surface area contributed by atoms with Crippen molar-refractivity contribution in [2.24, 2.45) is 0 Å². The van der Waals surface area contributed by atoms with E-state index in [0.29, 0.717) is 0 Å². The minimum atomic E-state index is -0.261. The molecule has 0 atom stereocenters. The van der Waals surface area contributed by atoms with Crippen LogP contribution < -0.4 is 0 Å². The minimum absolute atomic E-state index is 0.261. The van der Waals surface area contributed by atoms with E-state index in [1.807, 2.05) is 0 Å². The number of halogens is 1. The molecule has 72 valence electrons. The summed E-state index contributed by atoms with van der Waals surface area (Å²) in [7, 11) is 0. The van der Waals surface area contributed by atoms with Crippen LogP contribution in [0.15, 0.2) is 0 Å². The van der Waals surface area contributed by atoms with Crippen molar-refractivity contribution in [1.82, 2.24) is 0 Å². The average Bonchev–Trinajstić information content (AvgIpc) is 2.25. The van der Waals surface area contributed by atoms with Crippen molar-refractivity contribution in [2.45, 2.75) is 0 Å². The first kappa shape index (κ1) is 13.7. The second-order valence-electron chi connectivity index (χ2n) is 1.80. The fourth-order valence-electron chi connectivity index (χ4n) is 0.364. The first-order valence-corrected chi connectivity index (χ1v) is 4.49. The van der Waals surface area contributed by atoms with Gasteiger partial charge in [0.2, 0.25) is 0 Å². The largest absolute Gasteiger partial charge is 0.282 e. The maximum absolute atomic E-state index is 6.75. The predicted octanol–water partition coefficient (Wildman–Crippen LogP) is 1.11. The first-order valence-electron chi connectivity index (χ1n) is 3.66. The molecule has 0 amide bonds. The number of hydrogen-bond donors (Lipinski definition) is 2. The molecular formula is C13H2ClNS. The van der Waals surface area contributed by atoms with Crippen LogP contribution in [0.5, 0.6) is 0 Å². The zero-order chi connectivity index (χ0) is 12.1. The second-order valence-corrected chi connectivity index (χ2v) is 2.40. The molecule has 1 N–H and O–H groups in total. The molecule has 3 heteroatoms. The Balaban J connectivity index is 4.25. The summed E-state index contributed by atoms with van der Waals surface area (Å²) >= 11 is 8.78. The molecule has 16 heavy (non-hydrogen) atoms. The van der Waals surface area contributed by atoms with Crippen molar-refractivity contribution < 1.29 is 0 Å². The quantitative estimate of drug-likeness (QED) is 0.360. The summed E-state index contributed by atoms with van der Waals surface area (Å²) in [6, 6.07) is 0. The van der Waals surface area contributed by atoms with Gasteiger partial charge in [0.25, 0.3) is 0 Å². The average molecular weight is 240 g/mol. The van der Waals surface area contributed by atoms with Gasteiger partial charge >= 0.3 is 0 Å². The van der Waals surface area contributed by atoms with Crippen LogP contribution in [0, 0.1) is 75.8 Å². The molecule has 0 radical (unpaired) electrons. The van der Waals surface area contributed by atoms with Crippen LogP contribution >= 0.6 is 24.2 Å². The standard InChI is InChI=1S/C13H2ClNS/c14-13(15)11-9-7-5-3-1-2-4-6-8-10-12-16/h15-16H. The van der Waals surface area contributed by atoms with E-state index in [4.69, 9.17) is 17.0 Å². The second kappa shape index (κ2) is 10.7. The van der Waals surface area contributed by atoms with Crippen LogP contribution in [0.2, 0.25) is 0 Å². The normalized spacial score (nSPS) is 4.62. The molecule has 0 heterocycles. The highest BCUT2D eigenvalue weighted by molar-refractivity contribution is 7.85. The van der Waals surface area contributed by atoms with Crippen molar-refractivity contribution in [3.63, 3.8) is 0 Å². The van der Waals surface area contributed by atoms with E-state index in [0.717, 1.165) is 0 Å². The lowest BCUT2D eigenvalue weighted by Crippen LogP contribution is -1.71. The summed E-state index contributed by atoms with van der Waals surface area (Å²) in [4.78, 5) is 0. The fraction of sp³-hybridized carbons (Fsp3) is 0. The maximum Gasteiger partial charge on any atom is 0.173 e. The lowest BCUT2D eigenvalue weighted by atomic mass is 10.5. The monoisotopic (exact) mass is 239 g/mol. The number of nitrogens with one attached hydrogen (secondary N) is 1. The van der Waals surface area contributed by atoms with Crippen LogP contribution in [0.4, 0.5) is 0 Å². The lowest BCUT2D eigenvalue weighted by Gasteiger charge is -1.64. The van der Waals surface area contributed by atoms with Crippen LogP contribution in [-0.2, 0) is 0 Å². The van der Waals surface area contributed by atoms with E-state index in [9.17, 15) is 0 Å². The van der Waals surface area contributed by atoms with Gasteiger partial charge in [-0.05, 0) is 70.4 Å². The summed E-state index contributed by atoms with van der Waals surface area (Å²) in [5, 5.41) is 8.80.